The average Bonchev–Trinajstić information content (AvgIpc) is 2.30. The van der Waals surface area contributed by atoms with Gasteiger partial charge in [-0.25, -0.2) is 4.98 Å². The molecule has 0 aliphatic heterocycles. The fourth-order valence-electron chi connectivity index (χ4n) is 1.46. The lowest BCUT2D eigenvalue weighted by atomic mass is 10.1. The van der Waals surface area contributed by atoms with Crippen LogP contribution in [0, 0.1) is 0 Å². The van der Waals surface area contributed by atoms with Crippen molar-refractivity contribution in [3.05, 3.63) is 58.6 Å². The van der Waals surface area contributed by atoms with Crippen LogP contribution in [0.3, 0.4) is 0 Å². The highest BCUT2D eigenvalue weighted by molar-refractivity contribution is 9.10. The first-order valence-corrected chi connectivity index (χ1v) is 5.74. The monoisotopic (exact) mass is 278 g/mol. The van der Waals surface area contributed by atoms with Crippen molar-refractivity contribution in [2.75, 3.05) is 0 Å². The van der Waals surface area contributed by atoms with Crippen molar-refractivity contribution in [3.8, 4) is 0 Å². The topological polar surface area (TPSA) is 46.0 Å². The third-order valence-corrected chi connectivity index (χ3v) is 2.70. The summed E-state index contributed by atoms with van der Waals surface area (Å²) >= 11 is 3.28. The number of pyridine rings is 2. The van der Waals surface area contributed by atoms with Crippen molar-refractivity contribution >= 4 is 15.9 Å². The highest BCUT2D eigenvalue weighted by Gasteiger charge is 2.09. The average molecular weight is 279 g/mol. The number of hydrogen-bond donors (Lipinski definition) is 1. The molecule has 2 rings (SSSR count). The maximum absolute atomic E-state index is 10.0. The third-order valence-electron chi connectivity index (χ3n) is 2.26. The molecular weight excluding hydrogens is 268 g/mol. The maximum Gasteiger partial charge on any atom is 0.106 e. The molecule has 1 N–H and O–H groups in total. The summed E-state index contributed by atoms with van der Waals surface area (Å²) in [4.78, 5) is 8.20. The zero-order chi connectivity index (χ0) is 11.4. The van der Waals surface area contributed by atoms with Gasteiger partial charge in [0.25, 0.3) is 0 Å². The van der Waals surface area contributed by atoms with E-state index in [0.717, 1.165) is 15.9 Å². The van der Waals surface area contributed by atoms with Crippen LogP contribution in [0.5, 0.6) is 0 Å². The van der Waals surface area contributed by atoms with Crippen molar-refractivity contribution in [2.24, 2.45) is 0 Å². The van der Waals surface area contributed by atoms with Crippen LogP contribution >= 0.6 is 15.9 Å². The van der Waals surface area contributed by atoms with E-state index in [0.29, 0.717) is 6.42 Å². The Balaban J connectivity index is 2.12. The molecule has 0 spiro atoms. The first-order valence-electron chi connectivity index (χ1n) is 4.95. The lowest BCUT2D eigenvalue weighted by molar-refractivity contribution is 0.177. The SMILES string of the molecule is OC(Cc1ccccn1)c1ccnc(Br)c1. The van der Waals surface area contributed by atoms with Crippen molar-refractivity contribution in [1.82, 2.24) is 9.97 Å². The van der Waals surface area contributed by atoms with E-state index in [2.05, 4.69) is 25.9 Å². The molecule has 0 radical (unpaired) electrons. The quantitative estimate of drug-likeness (QED) is 0.878. The van der Waals surface area contributed by atoms with E-state index >= 15 is 0 Å². The van der Waals surface area contributed by atoms with Crippen LogP contribution in [0.1, 0.15) is 17.4 Å². The van der Waals surface area contributed by atoms with E-state index in [4.69, 9.17) is 0 Å². The molecule has 0 saturated heterocycles. The fraction of sp³-hybridized carbons (Fsp3) is 0.167. The van der Waals surface area contributed by atoms with E-state index in [1.54, 1.807) is 18.5 Å². The lowest BCUT2D eigenvalue weighted by Gasteiger charge is -2.10. The molecule has 2 heterocycles. The second-order valence-electron chi connectivity index (χ2n) is 3.45. The van der Waals surface area contributed by atoms with Crippen LogP contribution in [-0.2, 0) is 6.42 Å². The van der Waals surface area contributed by atoms with E-state index < -0.39 is 6.10 Å². The van der Waals surface area contributed by atoms with Gasteiger partial charge >= 0.3 is 0 Å². The lowest BCUT2D eigenvalue weighted by Crippen LogP contribution is -2.03. The fourth-order valence-corrected chi connectivity index (χ4v) is 1.84. The van der Waals surface area contributed by atoms with E-state index in [1.165, 1.54) is 0 Å². The summed E-state index contributed by atoms with van der Waals surface area (Å²) in [5, 5.41) is 10.0. The number of rotatable bonds is 3. The van der Waals surface area contributed by atoms with Crippen LogP contribution in [0.25, 0.3) is 0 Å². The first-order chi connectivity index (χ1) is 7.75. The van der Waals surface area contributed by atoms with Crippen molar-refractivity contribution < 1.29 is 5.11 Å². The maximum atomic E-state index is 10.0. The van der Waals surface area contributed by atoms with Gasteiger partial charge in [0, 0.05) is 24.5 Å². The summed E-state index contributed by atoms with van der Waals surface area (Å²) in [7, 11) is 0. The molecule has 0 fully saturated rings. The molecular formula is C12H11BrN2O. The predicted octanol–water partition coefficient (Wildman–Crippen LogP) is 2.52. The highest BCUT2D eigenvalue weighted by atomic mass is 79.9. The summed E-state index contributed by atoms with van der Waals surface area (Å²) in [5.74, 6) is 0. The third kappa shape index (κ3) is 2.87. The van der Waals surface area contributed by atoms with Crippen molar-refractivity contribution in [3.63, 3.8) is 0 Å². The summed E-state index contributed by atoms with van der Waals surface area (Å²) in [6.45, 7) is 0. The summed E-state index contributed by atoms with van der Waals surface area (Å²) in [6, 6.07) is 9.29. The van der Waals surface area contributed by atoms with Crippen LogP contribution in [0.2, 0.25) is 0 Å². The van der Waals surface area contributed by atoms with Crippen molar-refractivity contribution in [2.45, 2.75) is 12.5 Å². The predicted molar refractivity (Wildman–Crippen MR) is 64.8 cm³/mol. The minimum Gasteiger partial charge on any atom is -0.388 e. The minimum atomic E-state index is -0.547. The van der Waals surface area contributed by atoms with Gasteiger partial charge in [-0.2, -0.15) is 0 Å². The Morgan fingerprint density at radius 2 is 2.06 bits per heavy atom. The molecule has 3 nitrogen and oxygen atoms in total. The second kappa shape index (κ2) is 5.18. The Morgan fingerprint density at radius 1 is 1.19 bits per heavy atom. The van der Waals surface area contributed by atoms with Gasteiger partial charge in [-0.15, -0.1) is 0 Å². The molecule has 16 heavy (non-hydrogen) atoms. The molecule has 4 heteroatoms. The Labute approximate surface area is 102 Å². The molecule has 0 bridgehead atoms. The highest BCUT2D eigenvalue weighted by Crippen LogP contribution is 2.19. The standard InChI is InChI=1S/C12H11BrN2O/c13-12-7-9(4-6-15-12)11(16)8-10-3-1-2-5-14-10/h1-7,11,16H,8H2. The normalized spacial score (nSPS) is 12.4. The number of aliphatic hydroxyl groups is 1. The van der Waals surface area contributed by atoms with Gasteiger partial charge in [-0.05, 0) is 45.8 Å². The zero-order valence-corrected chi connectivity index (χ0v) is 10.1. The van der Waals surface area contributed by atoms with Crippen LogP contribution in [-0.4, -0.2) is 15.1 Å². The number of hydrogen-bond acceptors (Lipinski definition) is 3. The van der Waals surface area contributed by atoms with Gasteiger partial charge in [-0.1, -0.05) is 6.07 Å². The van der Waals surface area contributed by atoms with E-state index in [-0.39, 0.29) is 0 Å². The minimum absolute atomic E-state index is 0.511. The van der Waals surface area contributed by atoms with Gasteiger partial charge in [0.1, 0.15) is 4.60 Å². The molecule has 82 valence electrons. The molecule has 2 aromatic rings. The summed E-state index contributed by atoms with van der Waals surface area (Å²) < 4.78 is 0.727. The smallest absolute Gasteiger partial charge is 0.106 e. The first kappa shape index (κ1) is 11.2. The summed E-state index contributed by atoms with van der Waals surface area (Å²) in [6.07, 6.45) is 3.36. The Bertz CT molecular complexity index is 462. The second-order valence-corrected chi connectivity index (χ2v) is 4.27. The zero-order valence-electron chi connectivity index (χ0n) is 8.55. The van der Waals surface area contributed by atoms with E-state index in [1.807, 2.05) is 24.3 Å². The van der Waals surface area contributed by atoms with Crippen molar-refractivity contribution in [1.29, 1.82) is 0 Å². The molecule has 0 aromatic carbocycles. The molecule has 0 amide bonds. The van der Waals surface area contributed by atoms with Crippen LogP contribution < -0.4 is 0 Å². The number of aromatic nitrogens is 2. The number of nitrogens with zero attached hydrogens (tertiary/aromatic N) is 2. The van der Waals surface area contributed by atoms with Gasteiger partial charge in [0.15, 0.2) is 0 Å². The van der Waals surface area contributed by atoms with Gasteiger partial charge in [0.2, 0.25) is 0 Å². The molecule has 0 aliphatic rings. The van der Waals surface area contributed by atoms with Gasteiger partial charge in [0.05, 0.1) is 6.10 Å². The molecule has 1 atom stereocenters. The Hall–Kier alpha value is -1.26. The van der Waals surface area contributed by atoms with E-state index in [9.17, 15) is 5.11 Å². The summed E-state index contributed by atoms with van der Waals surface area (Å²) in [5.41, 5.74) is 1.72. The molecule has 2 aromatic heterocycles. The Kier molecular flexibility index (Phi) is 3.64. The molecule has 1 unspecified atom stereocenters. The molecule has 0 saturated carbocycles. The van der Waals surface area contributed by atoms with Gasteiger partial charge in [-0.3, -0.25) is 4.98 Å². The Morgan fingerprint density at radius 3 is 2.75 bits per heavy atom. The largest absolute Gasteiger partial charge is 0.388 e. The number of halogens is 1. The van der Waals surface area contributed by atoms with Crippen LogP contribution in [0.15, 0.2) is 47.3 Å². The van der Waals surface area contributed by atoms with Gasteiger partial charge < -0.3 is 5.11 Å². The molecule has 0 aliphatic carbocycles. The number of aliphatic hydroxyl groups excluding tert-OH is 1. The van der Waals surface area contributed by atoms with Crippen LogP contribution in [0.4, 0.5) is 0 Å².